The molecule has 6 rings (SSSR count). The number of aromatic nitrogens is 5. The molecule has 40 heavy (non-hydrogen) atoms. The number of hydrogen-bond donors (Lipinski definition) is 2. The Morgan fingerprint density at radius 3 is 2.75 bits per heavy atom. The van der Waals surface area contributed by atoms with E-state index in [-0.39, 0.29) is 50.2 Å². The second-order valence-electron chi connectivity index (χ2n) is 9.33. The van der Waals surface area contributed by atoms with Gasteiger partial charge in [0, 0.05) is 30.3 Å². The van der Waals surface area contributed by atoms with Gasteiger partial charge in [-0.25, -0.2) is 9.67 Å². The Morgan fingerprint density at radius 2 is 2.02 bits per heavy atom. The molecule has 1 fully saturated rings. The number of benzene rings is 2. The van der Waals surface area contributed by atoms with E-state index in [9.17, 15) is 11.0 Å². The van der Waals surface area contributed by atoms with Crippen LogP contribution in [0.3, 0.4) is 0 Å². The van der Waals surface area contributed by atoms with Crippen LogP contribution in [-0.2, 0) is 0 Å². The summed E-state index contributed by atoms with van der Waals surface area (Å²) in [5.74, 6) is -0.725. The molecule has 1 aliphatic carbocycles. The minimum Gasteiger partial charge on any atom is -0.377 e. The van der Waals surface area contributed by atoms with Gasteiger partial charge in [-0.05, 0) is 48.5 Å². The van der Waals surface area contributed by atoms with Gasteiger partial charge in [-0.1, -0.05) is 60.1 Å². The number of fused-ring (bicyclic) bond motifs is 1. The Kier molecular flexibility index (Phi) is 5.32. The molecule has 1 saturated carbocycles. The molecule has 0 bridgehead atoms. The molecule has 200 valence electrons. The first kappa shape index (κ1) is 19.5. The smallest absolute Gasteiger partial charge is 0.212 e. The van der Waals surface area contributed by atoms with E-state index in [2.05, 4.69) is 30.9 Å². The van der Waals surface area contributed by atoms with Crippen LogP contribution >= 0.6 is 11.6 Å². The quantitative estimate of drug-likeness (QED) is 0.188. The second-order valence-corrected chi connectivity index (χ2v) is 9.74. The maximum absolute atomic E-state index is 13.8. The molecular formula is C30H26ClFN8. The van der Waals surface area contributed by atoms with Crippen LogP contribution in [-0.4, -0.2) is 25.0 Å². The topological polar surface area (TPSA) is 104 Å². The Morgan fingerprint density at radius 1 is 1.18 bits per heavy atom. The van der Waals surface area contributed by atoms with Gasteiger partial charge in [0.05, 0.1) is 47.5 Å². The molecule has 0 aliphatic heterocycles. The predicted octanol–water partition coefficient (Wildman–Crippen LogP) is 6.99. The van der Waals surface area contributed by atoms with Crippen LogP contribution in [0.15, 0.2) is 73.2 Å². The summed E-state index contributed by atoms with van der Waals surface area (Å²) in [5.41, 5.74) is 1.42. The fraction of sp³-hybridized carbons (Fsp3) is 0.233. The summed E-state index contributed by atoms with van der Waals surface area (Å²) in [4.78, 5) is 8.08. The van der Waals surface area contributed by atoms with Crippen molar-refractivity contribution in [2.45, 2.75) is 44.2 Å². The summed E-state index contributed by atoms with van der Waals surface area (Å²) in [5, 5.41) is 25.0. The normalized spacial score (nSPS) is 18.1. The lowest BCUT2D eigenvalue weighted by molar-refractivity contribution is 0.581. The van der Waals surface area contributed by atoms with Crippen LogP contribution in [0.2, 0.25) is 5.02 Å². The molecule has 0 radical (unpaired) electrons. The van der Waals surface area contributed by atoms with Crippen LogP contribution in [0.4, 0.5) is 15.8 Å². The number of nitriles is 1. The summed E-state index contributed by atoms with van der Waals surface area (Å²) in [6, 6.07) is 12.8. The molecule has 2 atom stereocenters. The molecule has 0 amide bonds. The van der Waals surface area contributed by atoms with Gasteiger partial charge < -0.3 is 10.6 Å². The molecule has 10 heteroatoms. The fourth-order valence-corrected chi connectivity index (χ4v) is 4.69. The van der Waals surface area contributed by atoms with Gasteiger partial charge in [-0.2, -0.15) is 9.65 Å². The third kappa shape index (κ3) is 5.18. The minimum absolute atomic E-state index is 0.00948. The van der Waals surface area contributed by atoms with Crippen LogP contribution in [0.25, 0.3) is 10.9 Å². The van der Waals surface area contributed by atoms with E-state index < -0.39 is 31.2 Å². The average molecular weight is 559 g/mol. The first-order valence-electron chi connectivity index (χ1n) is 15.5. The Labute approximate surface area is 244 Å². The summed E-state index contributed by atoms with van der Waals surface area (Å²) in [7, 11) is 0. The summed E-state index contributed by atoms with van der Waals surface area (Å²) in [6.45, 7) is -3.04. The minimum atomic E-state index is -3.04. The number of halogens is 2. The Hall–Kier alpha value is -4.55. The van der Waals surface area contributed by atoms with Gasteiger partial charge in [0.1, 0.15) is 11.8 Å². The zero-order valence-corrected chi connectivity index (χ0v) is 21.7. The van der Waals surface area contributed by atoms with Crippen LogP contribution in [0, 0.1) is 17.3 Å². The molecule has 8 nitrogen and oxygen atoms in total. The van der Waals surface area contributed by atoms with Crippen molar-refractivity contribution >= 4 is 33.9 Å². The number of anilines is 2. The van der Waals surface area contributed by atoms with Crippen LogP contribution in [0.1, 0.15) is 74.8 Å². The van der Waals surface area contributed by atoms with E-state index in [4.69, 9.17) is 18.5 Å². The lowest BCUT2D eigenvalue weighted by Crippen LogP contribution is -2.14. The van der Waals surface area contributed by atoms with Crippen molar-refractivity contribution in [1.82, 2.24) is 25.0 Å². The summed E-state index contributed by atoms with van der Waals surface area (Å²) in [6.07, 6.45) is 3.23. The maximum Gasteiger partial charge on any atom is 0.212 e. The van der Waals surface area contributed by atoms with E-state index >= 15 is 0 Å². The zero-order chi connectivity index (χ0) is 32.9. The molecule has 2 aromatic carbocycles. The predicted molar refractivity (Wildman–Crippen MR) is 153 cm³/mol. The highest BCUT2D eigenvalue weighted by Crippen LogP contribution is 2.38. The molecule has 0 spiro atoms. The molecule has 0 unspecified atom stereocenters. The Bertz CT molecular complexity index is 1940. The summed E-state index contributed by atoms with van der Waals surface area (Å²) < 4.78 is 66.2. The lowest BCUT2D eigenvalue weighted by atomic mass is 10.0. The van der Waals surface area contributed by atoms with Crippen molar-refractivity contribution < 1.29 is 12.6 Å². The standard InChI is InChI=1S/C30H26ClFN8/c1-2-25(18-6-4-3-5-7-18)37-28-20(14-33)16-35-30-23(28)12-21(13-24(30)31)36-29(19-8-11-27(32)34-15-19)26-17-40(39-38-26)22-9-10-22/h3-8,11-13,15-17,22,25,29,36H,2,9-10H2,1H3,(H,35,37)/t25-,29-/m1/s1/i1D3,2D2,29D. The van der Waals surface area contributed by atoms with E-state index in [0.29, 0.717) is 5.56 Å². The van der Waals surface area contributed by atoms with E-state index in [1.165, 1.54) is 24.5 Å². The highest BCUT2D eigenvalue weighted by Gasteiger charge is 2.27. The number of hydrogen-bond acceptors (Lipinski definition) is 7. The summed E-state index contributed by atoms with van der Waals surface area (Å²) >= 11 is 6.71. The highest BCUT2D eigenvalue weighted by molar-refractivity contribution is 6.35. The first-order valence-corrected chi connectivity index (χ1v) is 12.9. The van der Waals surface area contributed by atoms with Crippen LogP contribution in [0.5, 0.6) is 0 Å². The number of pyridine rings is 2. The van der Waals surface area contributed by atoms with Crippen molar-refractivity contribution in [3.05, 3.63) is 107 Å². The van der Waals surface area contributed by atoms with Gasteiger partial charge in [0.15, 0.2) is 0 Å². The van der Waals surface area contributed by atoms with Crippen molar-refractivity contribution in [3.63, 3.8) is 0 Å². The SMILES string of the molecule is [2H]C([2H])([2H])C([2H])([2H])[C@@H](Nc1c(C#N)cnc2c(Cl)cc(N[C@]([2H])(c3ccc(F)nc3)c3cn(C4CC4)nn3)cc12)c1ccccc1. The zero-order valence-electron chi connectivity index (χ0n) is 26.9. The molecule has 3 heterocycles. The van der Waals surface area contributed by atoms with E-state index in [1.807, 2.05) is 6.07 Å². The van der Waals surface area contributed by atoms with Crippen molar-refractivity contribution in [1.29, 1.82) is 5.26 Å². The molecule has 2 N–H and O–H groups in total. The van der Waals surface area contributed by atoms with E-state index in [1.54, 1.807) is 47.3 Å². The number of rotatable bonds is 9. The van der Waals surface area contributed by atoms with Crippen LogP contribution < -0.4 is 10.6 Å². The molecule has 0 saturated heterocycles. The fourth-order valence-electron chi connectivity index (χ4n) is 4.43. The maximum atomic E-state index is 13.8. The number of nitrogens with zero attached hydrogens (tertiary/aromatic N) is 6. The van der Waals surface area contributed by atoms with Crippen molar-refractivity contribution in [3.8, 4) is 6.07 Å². The van der Waals surface area contributed by atoms with E-state index in [0.717, 1.165) is 18.9 Å². The first-order chi connectivity index (χ1) is 21.8. The van der Waals surface area contributed by atoms with Crippen molar-refractivity contribution in [2.24, 2.45) is 0 Å². The second kappa shape index (κ2) is 10.9. The molecule has 1 aliphatic rings. The van der Waals surface area contributed by atoms with Crippen molar-refractivity contribution in [2.75, 3.05) is 10.6 Å². The van der Waals surface area contributed by atoms with Gasteiger partial charge in [0.2, 0.25) is 5.95 Å². The largest absolute Gasteiger partial charge is 0.377 e. The van der Waals surface area contributed by atoms with Gasteiger partial charge in [-0.3, -0.25) is 4.98 Å². The monoisotopic (exact) mass is 558 g/mol. The average Bonchev–Trinajstić information content (AvgIpc) is 3.75. The third-order valence-electron chi connectivity index (χ3n) is 6.58. The molecular weight excluding hydrogens is 527 g/mol. The number of nitrogens with one attached hydrogen (secondary N) is 2. The van der Waals surface area contributed by atoms with Gasteiger partial charge >= 0.3 is 0 Å². The lowest BCUT2D eigenvalue weighted by Gasteiger charge is -2.22. The third-order valence-corrected chi connectivity index (χ3v) is 6.87. The van der Waals surface area contributed by atoms with Gasteiger partial charge in [0.25, 0.3) is 0 Å². The molecule has 3 aromatic heterocycles. The Balaban J connectivity index is 1.50. The molecule has 5 aromatic rings. The van der Waals surface area contributed by atoms with Gasteiger partial charge in [-0.15, -0.1) is 5.10 Å². The highest BCUT2D eigenvalue weighted by atomic mass is 35.5.